The first kappa shape index (κ1) is 18.0. The Morgan fingerprint density at radius 1 is 1.15 bits per heavy atom. The minimum Gasteiger partial charge on any atom is -0.378 e. The summed E-state index contributed by atoms with van der Waals surface area (Å²) in [7, 11) is 3.89. The molecule has 0 saturated carbocycles. The molecule has 27 heavy (non-hydrogen) atoms. The Kier molecular flexibility index (Phi) is 5.13. The van der Waals surface area contributed by atoms with Crippen LogP contribution in [0.25, 0.3) is 11.0 Å². The van der Waals surface area contributed by atoms with Gasteiger partial charge in [0.15, 0.2) is 5.65 Å². The summed E-state index contributed by atoms with van der Waals surface area (Å²) in [6.45, 7) is 3.57. The molecular weight excluding hydrogens is 364 g/mol. The average molecular weight is 387 g/mol. The van der Waals surface area contributed by atoms with Crippen LogP contribution in [0, 0.1) is 0 Å². The smallest absolute Gasteiger partial charge is 0.228 e. The SMILES string of the molecule is CN(C)c1nc(N2CCOCC2)c2cnn(CC(Cl)c3ccccc3)c2n1. The van der Waals surface area contributed by atoms with Gasteiger partial charge in [0.05, 0.1) is 36.7 Å². The predicted octanol–water partition coefficient (Wildman–Crippen LogP) is 2.71. The Morgan fingerprint density at radius 3 is 2.59 bits per heavy atom. The second kappa shape index (κ2) is 7.70. The van der Waals surface area contributed by atoms with Crippen LogP contribution in [0.2, 0.25) is 0 Å². The van der Waals surface area contributed by atoms with Crippen LogP contribution in [0.4, 0.5) is 11.8 Å². The molecule has 0 aliphatic carbocycles. The first-order valence-electron chi connectivity index (χ1n) is 9.06. The zero-order valence-electron chi connectivity index (χ0n) is 15.5. The molecule has 0 amide bonds. The highest BCUT2D eigenvalue weighted by Gasteiger charge is 2.21. The van der Waals surface area contributed by atoms with Gasteiger partial charge in [0.1, 0.15) is 5.82 Å². The molecule has 1 saturated heterocycles. The van der Waals surface area contributed by atoms with Gasteiger partial charge < -0.3 is 14.5 Å². The number of aromatic nitrogens is 4. The Bertz CT molecular complexity index is 907. The molecular formula is C19H23ClN6O. The Balaban J connectivity index is 1.73. The number of ether oxygens (including phenoxy) is 1. The van der Waals surface area contributed by atoms with Gasteiger partial charge in [-0.05, 0) is 5.56 Å². The number of nitrogens with zero attached hydrogens (tertiary/aromatic N) is 6. The fourth-order valence-corrected chi connectivity index (χ4v) is 3.47. The van der Waals surface area contributed by atoms with Crippen molar-refractivity contribution in [1.82, 2.24) is 19.7 Å². The Hall–Kier alpha value is -2.38. The van der Waals surface area contributed by atoms with Crippen LogP contribution < -0.4 is 9.80 Å². The highest BCUT2D eigenvalue weighted by molar-refractivity contribution is 6.20. The van der Waals surface area contributed by atoms with E-state index in [0.717, 1.165) is 35.5 Å². The number of hydrogen-bond donors (Lipinski definition) is 0. The number of morpholine rings is 1. The van der Waals surface area contributed by atoms with Crippen molar-refractivity contribution in [3.63, 3.8) is 0 Å². The van der Waals surface area contributed by atoms with E-state index in [4.69, 9.17) is 26.3 Å². The van der Waals surface area contributed by atoms with E-state index in [-0.39, 0.29) is 5.38 Å². The van der Waals surface area contributed by atoms with E-state index in [0.29, 0.717) is 25.7 Å². The van der Waals surface area contributed by atoms with Crippen LogP contribution in [0.3, 0.4) is 0 Å². The normalized spacial score (nSPS) is 15.9. The van der Waals surface area contributed by atoms with Gasteiger partial charge in [0.25, 0.3) is 0 Å². The maximum absolute atomic E-state index is 6.65. The molecule has 8 heteroatoms. The molecule has 1 aromatic carbocycles. The van der Waals surface area contributed by atoms with Crippen molar-refractivity contribution in [2.75, 3.05) is 50.2 Å². The molecule has 0 N–H and O–H groups in total. The number of halogens is 1. The van der Waals surface area contributed by atoms with Crippen molar-refractivity contribution < 1.29 is 4.74 Å². The predicted molar refractivity (Wildman–Crippen MR) is 108 cm³/mol. The van der Waals surface area contributed by atoms with E-state index in [1.54, 1.807) is 0 Å². The highest BCUT2D eigenvalue weighted by Crippen LogP contribution is 2.29. The van der Waals surface area contributed by atoms with Gasteiger partial charge in [-0.3, -0.25) is 0 Å². The molecule has 0 radical (unpaired) electrons. The minimum atomic E-state index is -0.182. The molecule has 0 bridgehead atoms. The summed E-state index contributed by atoms with van der Waals surface area (Å²) < 4.78 is 7.36. The lowest BCUT2D eigenvalue weighted by atomic mass is 10.1. The van der Waals surface area contributed by atoms with Crippen LogP contribution in [0.1, 0.15) is 10.9 Å². The highest BCUT2D eigenvalue weighted by atomic mass is 35.5. The van der Waals surface area contributed by atoms with Crippen LogP contribution >= 0.6 is 11.6 Å². The van der Waals surface area contributed by atoms with Crippen molar-refractivity contribution in [2.45, 2.75) is 11.9 Å². The maximum Gasteiger partial charge on any atom is 0.228 e. The van der Waals surface area contributed by atoms with Gasteiger partial charge in [-0.1, -0.05) is 30.3 Å². The molecule has 142 valence electrons. The Morgan fingerprint density at radius 2 is 1.89 bits per heavy atom. The van der Waals surface area contributed by atoms with Gasteiger partial charge in [0.2, 0.25) is 5.95 Å². The molecule has 1 atom stereocenters. The fourth-order valence-electron chi connectivity index (χ4n) is 3.20. The molecule has 1 fully saturated rings. The Labute approximate surface area is 163 Å². The molecule has 1 aliphatic heterocycles. The van der Waals surface area contributed by atoms with Crippen LogP contribution in [-0.2, 0) is 11.3 Å². The molecule has 3 heterocycles. The first-order chi connectivity index (χ1) is 13.1. The lowest BCUT2D eigenvalue weighted by Crippen LogP contribution is -2.37. The van der Waals surface area contributed by atoms with Gasteiger partial charge >= 0.3 is 0 Å². The quantitative estimate of drug-likeness (QED) is 0.628. The van der Waals surface area contributed by atoms with E-state index >= 15 is 0 Å². The van der Waals surface area contributed by atoms with Gasteiger partial charge in [-0.15, -0.1) is 11.6 Å². The van der Waals surface area contributed by atoms with Crippen LogP contribution in [0.5, 0.6) is 0 Å². The molecule has 1 aliphatic rings. The summed E-state index contributed by atoms with van der Waals surface area (Å²) in [5.41, 5.74) is 1.87. The summed E-state index contributed by atoms with van der Waals surface area (Å²) in [6.07, 6.45) is 1.84. The molecule has 4 rings (SSSR count). The zero-order chi connectivity index (χ0) is 18.8. The maximum atomic E-state index is 6.65. The van der Waals surface area contributed by atoms with Gasteiger partial charge in [-0.2, -0.15) is 15.1 Å². The molecule has 2 aromatic heterocycles. The number of alkyl halides is 1. The summed E-state index contributed by atoms with van der Waals surface area (Å²) in [6, 6.07) is 10.0. The van der Waals surface area contributed by atoms with Crippen LogP contribution in [0.15, 0.2) is 36.5 Å². The van der Waals surface area contributed by atoms with Crippen molar-refractivity contribution in [2.24, 2.45) is 0 Å². The first-order valence-corrected chi connectivity index (χ1v) is 9.49. The number of rotatable bonds is 5. The second-order valence-corrected chi connectivity index (χ2v) is 7.31. The standard InChI is InChI=1S/C19H23ClN6O/c1-24(2)19-22-17(25-8-10-27-11-9-25)15-12-21-26(18(15)23-19)13-16(20)14-6-4-3-5-7-14/h3-7,12,16H,8-11,13H2,1-2H3. The number of fused-ring (bicyclic) bond motifs is 1. The number of benzene rings is 1. The van der Waals surface area contributed by atoms with Crippen molar-refractivity contribution in [3.05, 3.63) is 42.1 Å². The van der Waals surface area contributed by atoms with Gasteiger partial charge in [-0.25, -0.2) is 4.68 Å². The van der Waals surface area contributed by atoms with Crippen LogP contribution in [-0.4, -0.2) is 60.1 Å². The lowest BCUT2D eigenvalue weighted by molar-refractivity contribution is 0.122. The zero-order valence-corrected chi connectivity index (χ0v) is 16.3. The topological polar surface area (TPSA) is 59.3 Å². The third-order valence-electron chi connectivity index (χ3n) is 4.67. The fraction of sp³-hybridized carbons (Fsp3) is 0.421. The molecule has 0 spiro atoms. The van der Waals surface area contributed by atoms with Crippen molar-refractivity contribution >= 4 is 34.4 Å². The largest absolute Gasteiger partial charge is 0.378 e. The molecule has 7 nitrogen and oxygen atoms in total. The summed E-state index contributed by atoms with van der Waals surface area (Å²) in [4.78, 5) is 13.7. The summed E-state index contributed by atoms with van der Waals surface area (Å²) in [5, 5.41) is 5.33. The second-order valence-electron chi connectivity index (χ2n) is 6.78. The van der Waals surface area contributed by atoms with Crippen molar-refractivity contribution in [1.29, 1.82) is 0 Å². The van der Waals surface area contributed by atoms with E-state index in [2.05, 4.69) is 10.00 Å². The van der Waals surface area contributed by atoms with Crippen molar-refractivity contribution in [3.8, 4) is 0 Å². The lowest BCUT2D eigenvalue weighted by Gasteiger charge is -2.28. The van der Waals surface area contributed by atoms with E-state index in [9.17, 15) is 0 Å². The number of anilines is 2. The third-order valence-corrected chi connectivity index (χ3v) is 5.06. The van der Waals surface area contributed by atoms with Gasteiger partial charge in [0, 0.05) is 27.2 Å². The van der Waals surface area contributed by atoms with E-state index < -0.39 is 0 Å². The monoisotopic (exact) mass is 386 g/mol. The molecule has 3 aromatic rings. The average Bonchev–Trinajstić information content (AvgIpc) is 3.11. The van der Waals surface area contributed by atoms with E-state index in [1.807, 2.05) is 60.2 Å². The number of hydrogen-bond acceptors (Lipinski definition) is 6. The third kappa shape index (κ3) is 3.70. The minimum absolute atomic E-state index is 0.182. The summed E-state index contributed by atoms with van der Waals surface area (Å²) in [5.74, 6) is 1.57. The van der Waals surface area contributed by atoms with E-state index in [1.165, 1.54) is 0 Å². The molecule has 1 unspecified atom stereocenters. The summed E-state index contributed by atoms with van der Waals surface area (Å²) >= 11 is 6.65.